The van der Waals surface area contributed by atoms with Crippen LogP contribution in [0.25, 0.3) is 0 Å². The predicted octanol–water partition coefficient (Wildman–Crippen LogP) is -1.14. The Morgan fingerprint density at radius 1 is 1.78 bits per heavy atom. The van der Waals surface area contributed by atoms with Crippen molar-refractivity contribution in [2.24, 2.45) is 5.14 Å². The first-order valence-electron chi connectivity index (χ1n) is 2.05. The van der Waals surface area contributed by atoms with Crippen LogP contribution in [0.2, 0.25) is 0 Å². The Kier molecular flexibility index (Phi) is 1.26. The zero-order chi connectivity index (χ0) is 6.91. The van der Waals surface area contributed by atoms with Crippen molar-refractivity contribution in [2.75, 3.05) is 0 Å². The van der Waals surface area contributed by atoms with Gasteiger partial charge in [-0.2, -0.15) is 0 Å². The van der Waals surface area contributed by atoms with E-state index >= 15 is 0 Å². The maximum Gasteiger partial charge on any atom is 0.271 e. The third kappa shape index (κ3) is 1.27. The molecule has 5 nitrogen and oxygen atoms in total. The van der Waals surface area contributed by atoms with E-state index < -0.39 is 10.0 Å². The molecule has 3 N–H and O–H groups in total. The summed E-state index contributed by atoms with van der Waals surface area (Å²) in [6.45, 7) is 0. The molecule has 49 valence electrons. The first-order valence-corrected chi connectivity index (χ1v) is 3.59. The molecule has 0 saturated carbocycles. The number of aromatic nitrogens is 2. The van der Waals surface area contributed by atoms with Crippen molar-refractivity contribution in [1.29, 1.82) is 0 Å². The molecule has 0 amide bonds. The number of nitrogens with one attached hydrogen (secondary N) is 1. The lowest BCUT2D eigenvalue weighted by Crippen LogP contribution is -2.13. The van der Waals surface area contributed by atoms with Crippen molar-refractivity contribution >= 4 is 10.0 Å². The highest BCUT2D eigenvalue weighted by Crippen LogP contribution is 1.92. The van der Waals surface area contributed by atoms with Crippen LogP contribution in [0.15, 0.2) is 11.4 Å². The van der Waals surface area contributed by atoms with E-state index in [0.29, 0.717) is 0 Å². The summed E-state index contributed by atoms with van der Waals surface area (Å²) in [5.74, 6) is 0. The number of rotatable bonds is 1. The van der Waals surface area contributed by atoms with Crippen LogP contribution in [0.5, 0.6) is 0 Å². The second kappa shape index (κ2) is 1.82. The Morgan fingerprint density at radius 2 is 2.44 bits per heavy atom. The van der Waals surface area contributed by atoms with Crippen molar-refractivity contribution < 1.29 is 8.42 Å². The van der Waals surface area contributed by atoms with Gasteiger partial charge in [0.05, 0.1) is 0 Å². The Balaban J connectivity index is 3.20. The first kappa shape index (κ1) is 6.24. The maximum atomic E-state index is 10.4. The molecule has 0 aliphatic rings. The fraction of sp³-hybridized carbons (Fsp3) is 0. The molecule has 0 unspecified atom stereocenters. The summed E-state index contributed by atoms with van der Waals surface area (Å²) >= 11 is 0. The molecule has 9 heavy (non-hydrogen) atoms. The minimum Gasteiger partial charge on any atom is -0.334 e. The molecule has 0 fully saturated rings. The molecule has 1 aromatic rings. The highest BCUT2D eigenvalue weighted by Gasteiger charge is 2.08. The third-order valence-electron chi connectivity index (χ3n) is 0.696. The molecule has 0 aromatic carbocycles. The van der Waals surface area contributed by atoms with Gasteiger partial charge >= 0.3 is 0 Å². The average molecular weight is 146 g/mol. The molecular formula is C3H4N3O2S. The van der Waals surface area contributed by atoms with E-state index in [0.717, 1.165) is 0 Å². The lowest BCUT2D eigenvalue weighted by atomic mass is 11.0. The summed E-state index contributed by atoms with van der Waals surface area (Å²) in [6.07, 6.45) is 3.54. The maximum absolute atomic E-state index is 10.4. The van der Waals surface area contributed by atoms with Crippen molar-refractivity contribution in [1.82, 2.24) is 9.97 Å². The van der Waals surface area contributed by atoms with Crippen LogP contribution in [0.3, 0.4) is 0 Å². The fourth-order valence-corrected chi connectivity index (χ4v) is 0.766. The van der Waals surface area contributed by atoms with E-state index in [4.69, 9.17) is 0 Å². The van der Waals surface area contributed by atoms with Gasteiger partial charge in [-0.15, -0.1) is 0 Å². The van der Waals surface area contributed by atoms with Crippen LogP contribution in [0.4, 0.5) is 0 Å². The predicted molar refractivity (Wildman–Crippen MR) is 28.8 cm³/mol. The molecule has 0 aliphatic carbocycles. The second-order valence-corrected chi connectivity index (χ2v) is 2.86. The largest absolute Gasteiger partial charge is 0.334 e. The average Bonchev–Trinajstić information content (AvgIpc) is 2.08. The standard InChI is InChI=1S/C3H4N3O2S/c4-9(7,8)3-5-1-2-6-3/h1H,(H,5,6)(H2,4,7,8). The number of imidazole rings is 1. The molecule has 1 rings (SSSR count). The summed E-state index contributed by atoms with van der Waals surface area (Å²) in [4.78, 5) is 5.59. The zero-order valence-electron chi connectivity index (χ0n) is 4.33. The Bertz CT molecular complexity index is 274. The Labute approximate surface area is 52.0 Å². The molecule has 0 saturated heterocycles. The van der Waals surface area contributed by atoms with Gasteiger partial charge in [0.2, 0.25) is 5.16 Å². The minimum absolute atomic E-state index is 0.262. The molecule has 6 heteroatoms. The summed E-state index contributed by atoms with van der Waals surface area (Å²) in [5, 5.41) is 4.40. The van der Waals surface area contributed by atoms with Crippen LogP contribution in [-0.4, -0.2) is 18.4 Å². The van der Waals surface area contributed by atoms with Gasteiger partial charge in [0.25, 0.3) is 10.0 Å². The van der Waals surface area contributed by atoms with Gasteiger partial charge in [-0.05, 0) is 0 Å². The Morgan fingerprint density at radius 3 is 2.67 bits per heavy atom. The van der Waals surface area contributed by atoms with Gasteiger partial charge in [0, 0.05) is 6.20 Å². The first-order chi connectivity index (χ1) is 4.11. The van der Waals surface area contributed by atoms with E-state index in [1.54, 1.807) is 0 Å². The van der Waals surface area contributed by atoms with Crippen LogP contribution in [0, 0.1) is 6.20 Å². The molecule has 0 aliphatic heterocycles. The number of nitrogens with zero attached hydrogens (tertiary/aromatic N) is 1. The van der Waals surface area contributed by atoms with E-state index in [9.17, 15) is 8.42 Å². The van der Waals surface area contributed by atoms with Crippen molar-refractivity contribution in [3.63, 3.8) is 0 Å². The van der Waals surface area contributed by atoms with Gasteiger partial charge < -0.3 is 4.98 Å². The van der Waals surface area contributed by atoms with Crippen molar-refractivity contribution in [3.05, 3.63) is 12.4 Å². The number of hydrogen-bond donors (Lipinski definition) is 2. The summed E-state index contributed by atoms with van der Waals surface area (Å²) in [7, 11) is -3.66. The van der Waals surface area contributed by atoms with Crippen LogP contribution >= 0.6 is 0 Å². The highest BCUT2D eigenvalue weighted by atomic mass is 32.2. The number of nitrogens with two attached hydrogens (primary N) is 1. The normalized spacial score (nSPS) is 11.7. The topological polar surface area (TPSA) is 88.8 Å². The number of primary sulfonamides is 1. The third-order valence-corrected chi connectivity index (χ3v) is 1.44. The number of H-pyrrole nitrogens is 1. The van der Waals surface area contributed by atoms with Crippen molar-refractivity contribution in [2.45, 2.75) is 5.16 Å². The summed E-state index contributed by atoms with van der Waals surface area (Å²) in [6, 6.07) is 0. The summed E-state index contributed by atoms with van der Waals surface area (Å²) < 4.78 is 20.7. The molecule has 1 radical (unpaired) electrons. The van der Waals surface area contributed by atoms with Gasteiger partial charge in [-0.25, -0.2) is 18.5 Å². The summed E-state index contributed by atoms with van der Waals surface area (Å²) in [5.41, 5.74) is 0. The fourth-order valence-electron chi connectivity index (χ4n) is 0.363. The highest BCUT2D eigenvalue weighted by molar-refractivity contribution is 7.89. The van der Waals surface area contributed by atoms with Gasteiger partial charge in [-0.3, -0.25) is 0 Å². The van der Waals surface area contributed by atoms with E-state index in [1.807, 2.05) is 0 Å². The molecule has 0 atom stereocenters. The zero-order valence-corrected chi connectivity index (χ0v) is 5.14. The molecular weight excluding hydrogens is 142 g/mol. The van der Waals surface area contributed by atoms with Crippen LogP contribution < -0.4 is 5.14 Å². The number of aromatic amines is 1. The van der Waals surface area contributed by atoms with Crippen LogP contribution in [0.1, 0.15) is 0 Å². The Hall–Kier alpha value is -0.880. The van der Waals surface area contributed by atoms with Gasteiger partial charge in [0.1, 0.15) is 6.20 Å². The molecule has 0 bridgehead atoms. The number of sulfonamides is 1. The van der Waals surface area contributed by atoms with E-state index in [1.165, 1.54) is 6.20 Å². The SMILES string of the molecule is NS(=O)(=O)c1n[c]c[nH]1. The molecule has 0 spiro atoms. The second-order valence-electron chi connectivity index (χ2n) is 1.38. The molecule has 1 heterocycles. The van der Waals surface area contributed by atoms with Crippen molar-refractivity contribution in [3.8, 4) is 0 Å². The lowest BCUT2D eigenvalue weighted by molar-refractivity contribution is 0.590. The molecule has 1 aromatic heterocycles. The van der Waals surface area contributed by atoms with Gasteiger partial charge in [-0.1, -0.05) is 0 Å². The van der Waals surface area contributed by atoms with E-state index in [-0.39, 0.29) is 5.16 Å². The van der Waals surface area contributed by atoms with Crippen LogP contribution in [-0.2, 0) is 10.0 Å². The van der Waals surface area contributed by atoms with E-state index in [2.05, 4.69) is 21.3 Å². The monoisotopic (exact) mass is 146 g/mol. The number of hydrogen-bond acceptors (Lipinski definition) is 3. The minimum atomic E-state index is -3.66. The lowest BCUT2D eigenvalue weighted by Gasteiger charge is -1.86. The quantitative estimate of drug-likeness (QED) is 0.524. The smallest absolute Gasteiger partial charge is 0.271 e. The van der Waals surface area contributed by atoms with Gasteiger partial charge in [0.15, 0.2) is 0 Å².